The summed E-state index contributed by atoms with van der Waals surface area (Å²) < 4.78 is 39.7. The number of likely N-dealkylation sites (tertiary alicyclic amines) is 1. The van der Waals surface area contributed by atoms with Crippen molar-refractivity contribution < 1.29 is 62.3 Å². The van der Waals surface area contributed by atoms with Crippen molar-refractivity contribution in [3.8, 4) is 50.8 Å². The highest BCUT2D eigenvalue weighted by Gasteiger charge is 2.43. The Kier molecular flexibility index (Phi) is 25.3. The number of hydrogen-bond acceptors (Lipinski definition) is 20. The maximum atomic E-state index is 14.2. The third-order valence-corrected chi connectivity index (χ3v) is 18.5. The topological polar surface area (TPSA) is 266 Å². The molecule has 0 unspecified atom stereocenters. The van der Waals surface area contributed by atoms with E-state index in [1.165, 1.54) is 4.90 Å². The van der Waals surface area contributed by atoms with Gasteiger partial charge < -0.3 is 73.4 Å². The molecular weight excluding hydrogens is 1290 g/mol. The summed E-state index contributed by atoms with van der Waals surface area (Å²) in [4.78, 5) is 76.2. The van der Waals surface area contributed by atoms with Gasteiger partial charge in [-0.15, -0.1) is 11.3 Å². The average Bonchev–Trinajstić information content (AvgIpc) is 0.967. The van der Waals surface area contributed by atoms with Crippen LogP contribution in [0.2, 0.25) is 5.02 Å². The van der Waals surface area contributed by atoms with Crippen molar-refractivity contribution in [3.05, 3.63) is 135 Å². The number of rotatable bonds is 31. The number of carbonyl (C=O) groups excluding carboxylic acids is 4. The van der Waals surface area contributed by atoms with E-state index in [-0.39, 0.29) is 99.2 Å². The fraction of sp³-hybridized carbons (Fsp3) is 0.425. The van der Waals surface area contributed by atoms with Gasteiger partial charge in [0, 0.05) is 112 Å². The van der Waals surface area contributed by atoms with E-state index in [0.29, 0.717) is 107 Å². The normalized spacial score (nSPS) is 15.0. The monoisotopic (exact) mass is 1380 g/mol. The second-order valence-corrected chi connectivity index (χ2v) is 25.7. The minimum atomic E-state index is -0.888. The highest BCUT2D eigenvalue weighted by molar-refractivity contribution is 7.13. The molecule has 0 bridgehead atoms. The Morgan fingerprint density at radius 1 is 0.878 bits per heavy atom. The number of anilines is 2. The van der Waals surface area contributed by atoms with Gasteiger partial charge in [0.1, 0.15) is 42.5 Å². The number of aliphatic hydroxyl groups is 1. The Morgan fingerprint density at radius 3 is 2.34 bits per heavy atom. The predicted molar refractivity (Wildman–Crippen MR) is 376 cm³/mol. The molecule has 3 atom stereocenters. The zero-order chi connectivity index (χ0) is 69.2. The SMILES string of the molecule is CCc1c(-c2cc(O)cc3ccccc23)c(Cl)cc2c(N3CCN(C(C)=O)CC3)nc(NCCC(=O)N(C)Cc3cccc(C#CCOCCOCCOCCOCCOc4cc([C@@H](C(=O)N5C[C@H](O)C[C@H]5C(=O)NCc5ccc(-c6scnc6C)cc5OC)C(C)C)on4)c3)nc12. The summed E-state index contributed by atoms with van der Waals surface area (Å²) >= 11 is 8.76. The van der Waals surface area contributed by atoms with Gasteiger partial charge in [-0.2, -0.15) is 4.98 Å². The number of β-amino-alcohol motifs (C(OH)–C–C–N with tert-alkyl or cyclic N) is 1. The van der Waals surface area contributed by atoms with Gasteiger partial charge in [0.25, 0.3) is 5.88 Å². The number of nitrogens with zero attached hydrogens (tertiary/aromatic N) is 8. The number of carbonyl (C=O) groups is 4. The first-order valence-corrected chi connectivity index (χ1v) is 34.3. The fourth-order valence-corrected chi connectivity index (χ4v) is 13.4. The molecule has 25 heteroatoms. The number of thiazole rings is 1. The van der Waals surface area contributed by atoms with E-state index in [1.807, 2.05) is 98.5 Å². The highest BCUT2D eigenvalue weighted by atomic mass is 35.5. The number of aliphatic hydroxyl groups excluding tert-OH is 1. The number of ether oxygens (including phenoxy) is 6. The molecule has 2 aliphatic rings. The molecular formula is C73H85ClN10O13S. The van der Waals surface area contributed by atoms with Crippen LogP contribution in [0, 0.1) is 24.7 Å². The van der Waals surface area contributed by atoms with Gasteiger partial charge in [-0.1, -0.05) is 92.7 Å². The van der Waals surface area contributed by atoms with E-state index in [1.54, 1.807) is 61.0 Å². The van der Waals surface area contributed by atoms with Crippen molar-refractivity contribution in [2.24, 2.45) is 5.92 Å². The minimum absolute atomic E-state index is 0.00332. The van der Waals surface area contributed by atoms with Crippen molar-refractivity contribution in [2.45, 2.75) is 85.0 Å². The molecule has 2 aliphatic heterocycles. The van der Waals surface area contributed by atoms with E-state index in [9.17, 15) is 29.4 Å². The number of hydrogen-bond donors (Lipinski definition) is 4. The molecule has 2 fully saturated rings. The van der Waals surface area contributed by atoms with Gasteiger partial charge in [0.2, 0.25) is 29.6 Å². The van der Waals surface area contributed by atoms with Gasteiger partial charge in [-0.25, -0.2) is 9.97 Å². The Bertz CT molecular complexity index is 4150. The molecule has 2 saturated heterocycles. The first kappa shape index (κ1) is 71.8. The smallest absolute Gasteiger partial charge is 0.254 e. The zero-order valence-electron chi connectivity index (χ0n) is 56.4. The highest BCUT2D eigenvalue weighted by Crippen LogP contribution is 2.44. The van der Waals surface area contributed by atoms with Crippen LogP contribution in [0.5, 0.6) is 17.4 Å². The minimum Gasteiger partial charge on any atom is -0.508 e. The van der Waals surface area contributed by atoms with Gasteiger partial charge in [-0.05, 0) is 93.8 Å². The van der Waals surface area contributed by atoms with Crippen molar-refractivity contribution in [3.63, 3.8) is 0 Å². The molecule has 10 rings (SSSR count). The van der Waals surface area contributed by atoms with Gasteiger partial charge in [-0.3, -0.25) is 19.2 Å². The summed E-state index contributed by atoms with van der Waals surface area (Å²) in [7, 11) is 3.35. The maximum absolute atomic E-state index is 14.2. The molecule has 3 aromatic heterocycles. The molecule has 5 heterocycles. The van der Waals surface area contributed by atoms with Crippen LogP contribution in [0.15, 0.2) is 101 Å². The van der Waals surface area contributed by atoms with Crippen LogP contribution in [0.3, 0.4) is 0 Å². The molecule has 23 nitrogen and oxygen atoms in total. The van der Waals surface area contributed by atoms with Crippen molar-refractivity contribution in [2.75, 3.05) is 123 Å². The van der Waals surface area contributed by atoms with Crippen LogP contribution in [-0.2, 0) is 57.6 Å². The number of nitrogens with one attached hydrogen (secondary N) is 2. The molecule has 98 heavy (non-hydrogen) atoms. The first-order valence-electron chi connectivity index (χ1n) is 33.0. The summed E-state index contributed by atoms with van der Waals surface area (Å²) in [6.45, 7) is 15.2. The molecule has 8 aromatic rings. The maximum Gasteiger partial charge on any atom is 0.254 e. The fourth-order valence-electron chi connectivity index (χ4n) is 12.3. The standard InChI is InChI=1S/C73H85ClN10O13S/c1-8-56-67(58-38-54(86)36-51-16-9-10-17-57(51)58)60(74)40-59-68(56)78-73(79-70(59)83-24-22-82(23-25-83)48(5)85)75-21-20-65(88)81(6)43-50-14-11-13-49(35-50)15-12-26-92-27-28-93-29-30-94-31-32-95-33-34-96-64-41-63(97-80-64)66(46(2)3)72(90)84-44-55(87)39-61(84)71(89)76-42-53-19-18-52(37-62(53)91-7)69-47(4)77-45-98-69/h9-11,13-14,16-19,35-38,40-41,45-46,55,61,66,86-87H,8,20-34,39,42-44H2,1-7H3,(H,76,89)(H,75,78,79)/t55-,61+,66+/m1/s1. The second-order valence-electron chi connectivity index (χ2n) is 24.4. The average molecular weight is 1380 g/mol. The van der Waals surface area contributed by atoms with Crippen molar-refractivity contribution in [1.82, 2.24) is 40.1 Å². The van der Waals surface area contributed by atoms with Crippen LogP contribution in [-0.4, -0.2) is 194 Å². The molecule has 0 saturated carbocycles. The third-order valence-electron chi connectivity index (χ3n) is 17.3. The van der Waals surface area contributed by atoms with Gasteiger partial charge >= 0.3 is 0 Å². The van der Waals surface area contributed by atoms with Crippen LogP contribution in [0.4, 0.5) is 11.8 Å². The van der Waals surface area contributed by atoms with Crippen molar-refractivity contribution in [1.29, 1.82) is 0 Å². The van der Waals surface area contributed by atoms with Crippen LogP contribution >= 0.6 is 22.9 Å². The van der Waals surface area contributed by atoms with E-state index >= 15 is 0 Å². The lowest BCUT2D eigenvalue weighted by Crippen LogP contribution is -2.48. The summed E-state index contributed by atoms with van der Waals surface area (Å²) in [6.07, 6.45) is -0.00527. The number of phenols is 1. The summed E-state index contributed by atoms with van der Waals surface area (Å²) in [5.74, 6) is 6.70. The first-order chi connectivity index (χ1) is 47.5. The van der Waals surface area contributed by atoms with Crippen LogP contribution in [0.1, 0.15) is 80.2 Å². The quantitative estimate of drug-likeness (QED) is 0.0233. The largest absolute Gasteiger partial charge is 0.508 e. The number of aromatic nitrogens is 4. The molecule has 0 spiro atoms. The second kappa shape index (κ2) is 34.5. The predicted octanol–water partition coefficient (Wildman–Crippen LogP) is 9.44. The number of amides is 4. The molecule has 4 amide bonds. The number of aryl methyl sites for hydroxylation is 2. The zero-order valence-corrected chi connectivity index (χ0v) is 58.0. The summed E-state index contributed by atoms with van der Waals surface area (Å²) in [5, 5.41) is 35.0. The van der Waals surface area contributed by atoms with Gasteiger partial charge in [0.15, 0.2) is 5.76 Å². The Balaban J connectivity index is 0.598. The molecule has 518 valence electrons. The Morgan fingerprint density at radius 2 is 1.62 bits per heavy atom. The van der Waals surface area contributed by atoms with E-state index in [0.717, 1.165) is 65.7 Å². The lowest BCUT2D eigenvalue weighted by Gasteiger charge is -2.35. The van der Waals surface area contributed by atoms with Crippen molar-refractivity contribution >= 4 is 80.0 Å². The molecule has 4 N–H and O–H groups in total. The molecule has 0 radical (unpaired) electrons. The number of fused-ring (bicyclic) bond motifs is 2. The summed E-state index contributed by atoms with van der Waals surface area (Å²) in [6, 6.07) is 27.5. The third kappa shape index (κ3) is 18.2. The molecule has 5 aromatic carbocycles. The number of phenolic OH excluding ortho intramolecular Hbond substituents is 1. The van der Waals surface area contributed by atoms with Gasteiger partial charge in [0.05, 0.1) is 81.1 Å². The lowest BCUT2D eigenvalue weighted by atomic mass is 9.91. The Labute approximate surface area is 579 Å². The number of halogens is 1. The number of piperazine rings is 1. The van der Waals surface area contributed by atoms with Crippen LogP contribution in [0.25, 0.3) is 43.2 Å². The van der Waals surface area contributed by atoms with E-state index in [2.05, 4.69) is 44.4 Å². The number of benzene rings is 5. The van der Waals surface area contributed by atoms with E-state index in [4.69, 9.17) is 54.5 Å². The molecule has 0 aliphatic carbocycles. The summed E-state index contributed by atoms with van der Waals surface area (Å²) in [5.41, 5.74) is 9.38. The number of aromatic hydroxyl groups is 1. The lowest BCUT2D eigenvalue weighted by molar-refractivity contribution is -0.141. The van der Waals surface area contributed by atoms with E-state index < -0.39 is 18.1 Å². The number of methoxy groups -OCH3 is 1. The Hall–Kier alpha value is -8.93. The van der Waals surface area contributed by atoms with Crippen LogP contribution < -0.4 is 25.0 Å².